The summed E-state index contributed by atoms with van der Waals surface area (Å²) in [5, 5.41) is 9.78. The molecule has 0 heterocycles. The molecule has 0 fully saturated rings. The van der Waals surface area contributed by atoms with Gasteiger partial charge in [-0.25, -0.2) is 0 Å². The van der Waals surface area contributed by atoms with Crippen LogP contribution in [0.5, 0.6) is 34.5 Å². The monoisotopic (exact) mass is 594 g/mol. The first-order valence-corrected chi connectivity index (χ1v) is 13.0. The molecular weight excluding hydrogens is 552 g/mol. The molecule has 0 amide bonds. The molecule has 42 heavy (non-hydrogen) atoms. The van der Waals surface area contributed by atoms with E-state index in [1.807, 2.05) is 12.1 Å². The quantitative estimate of drug-likeness (QED) is 0.225. The molecule has 0 saturated heterocycles. The second-order valence-electron chi connectivity index (χ2n) is 8.83. The van der Waals surface area contributed by atoms with Gasteiger partial charge in [0.2, 0.25) is 11.5 Å². The van der Waals surface area contributed by atoms with E-state index in [1.54, 1.807) is 33.5 Å². The summed E-state index contributed by atoms with van der Waals surface area (Å²) in [6, 6.07) is 7.22. The molecule has 1 unspecified atom stereocenters. The number of hydrogen-bond donors (Lipinski definition) is 1. The van der Waals surface area contributed by atoms with Crippen LogP contribution in [0.1, 0.15) is 36.8 Å². The molecule has 2 rings (SSSR count). The molecule has 0 aliphatic carbocycles. The number of aliphatic hydroxyl groups is 1. The Bertz CT molecular complexity index is 1110. The zero-order chi connectivity index (χ0) is 31.7. The van der Waals surface area contributed by atoms with Crippen molar-refractivity contribution in [1.29, 1.82) is 0 Å². The van der Waals surface area contributed by atoms with E-state index in [-0.39, 0.29) is 25.0 Å². The van der Waals surface area contributed by atoms with Crippen LogP contribution in [-0.4, -0.2) is 85.8 Å². The molecule has 0 aromatic heterocycles. The molecule has 0 saturated carbocycles. The number of hydrogen-bond acceptors (Lipinski definition) is 12. The van der Waals surface area contributed by atoms with E-state index in [9.17, 15) is 19.5 Å². The van der Waals surface area contributed by atoms with Crippen LogP contribution in [0.3, 0.4) is 0 Å². The van der Waals surface area contributed by atoms with Crippen molar-refractivity contribution >= 4 is 17.7 Å². The highest BCUT2D eigenvalue weighted by molar-refractivity contribution is 5.95. The number of aryl methyl sites for hydroxylation is 2. The average Bonchev–Trinajstić information content (AvgIpc) is 3.01. The highest BCUT2D eigenvalue weighted by Gasteiger charge is 2.17. The fourth-order valence-electron chi connectivity index (χ4n) is 3.88. The van der Waals surface area contributed by atoms with Crippen molar-refractivity contribution in [2.75, 3.05) is 56.9 Å². The van der Waals surface area contributed by atoms with Gasteiger partial charge in [0.05, 0.1) is 69.4 Å². The van der Waals surface area contributed by atoms with Gasteiger partial charge in [-0.15, -0.1) is 0 Å². The van der Waals surface area contributed by atoms with E-state index in [1.165, 1.54) is 35.5 Å². The molecule has 12 heteroatoms. The summed E-state index contributed by atoms with van der Waals surface area (Å²) < 4.78 is 40.5. The molecule has 0 aliphatic heterocycles. The van der Waals surface area contributed by atoms with E-state index >= 15 is 0 Å². The smallest absolute Gasteiger partial charge is 0.313 e. The molecule has 12 nitrogen and oxygen atoms in total. The van der Waals surface area contributed by atoms with Gasteiger partial charge in [-0.1, -0.05) is 0 Å². The summed E-state index contributed by atoms with van der Waals surface area (Å²) in [4.78, 5) is 33.7. The van der Waals surface area contributed by atoms with Crippen molar-refractivity contribution < 1.29 is 57.4 Å². The number of ether oxygens (including phenoxy) is 8. The lowest BCUT2D eigenvalue weighted by Crippen LogP contribution is -2.15. The van der Waals surface area contributed by atoms with Gasteiger partial charge in [-0.2, -0.15) is 0 Å². The second kappa shape index (κ2) is 19.0. The van der Waals surface area contributed by atoms with Gasteiger partial charge in [0, 0.05) is 6.42 Å². The van der Waals surface area contributed by atoms with Crippen molar-refractivity contribution in [3.8, 4) is 34.5 Å². The third-order valence-electron chi connectivity index (χ3n) is 6.11. The van der Waals surface area contributed by atoms with E-state index in [0.717, 1.165) is 11.1 Å². The number of carbonyl (C=O) groups is 3. The van der Waals surface area contributed by atoms with Crippen LogP contribution in [0.2, 0.25) is 0 Å². The van der Waals surface area contributed by atoms with Crippen molar-refractivity contribution in [1.82, 2.24) is 0 Å². The van der Waals surface area contributed by atoms with Crippen LogP contribution in [0.4, 0.5) is 0 Å². The predicted molar refractivity (Wildman–Crippen MR) is 153 cm³/mol. The standard InChI is InChI=1S/C15H22O6.C15H20O6/c2*1-18-12-7-10(8-13(19-2)15(12)21-4)5-6-11(16)9-14(17)20-3/h7-8,11,16H,5-6,9H2,1-4H3;7-8H,5-6,9H2,1-4H3. The van der Waals surface area contributed by atoms with E-state index in [2.05, 4.69) is 9.47 Å². The minimum atomic E-state index is -0.739. The zero-order valence-corrected chi connectivity index (χ0v) is 25.6. The summed E-state index contributed by atoms with van der Waals surface area (Å²) in [6.45, 7) is 0. The Morgan fingerprint density at radius 1 is 0.619 bits per heavy atom. The molecule has 2 aromatic carbocycles. The Labute approximate surface area is 246 Å². The number of benzene rings is 2. The maximum atomic E-state index is 11.6. The lowest BCUT2D eigenvalue weighted by molar-refractivity contribution is -0.144. The number of esters is 2. The van der Waals surface area contributed by atoms with Crippen molar-refractivity contribution in [3.05, 3.63) is 35.4 Å². The Morgan fingerprint density at radius 3 is 1.38 bits per heavy atom. The second-order valence-corrected chi connectivity index (χ2v) is 8.83. The first-order valence-electron chi connectivity index (χ1n) is 13.0. The van der Waals surface area contributed by atoms with Gasteiger partial charge in [0.25, 0.3) is 0 Å². The average molecular weight is 595 g/mol. The molecule has 2 aromatic rings. The minimum absolute atomic E-state index is 0.0130. The number of rotatable bonds is 16. The first kappa shape index (κ1) is 35.8. The minimum Gasteiger partial charge on any atom is -0.493 e. The number of aliphatic hydroxyl groups excluding tert-OH is 1. The fraction of sp³-hybridized carbons (Fsp3) is 0.500. The van der Waals surface area contributed by atoms with Crippen molar-refractivity contribution in [2.45, 2.75) is 44.6 Å². The molecular formula is C30H42O12. The summed E-state index contributed by atoms with van der Waals surface area (Å²) in [5.41, 5.74) is 1.79. The maximum absolute atomic E-state index is 11.6. The SMILES string of the molecule is COC(=O)CC(=O)CCc1cc(OC)c(OC)c(OC)c1.COC(=O)CC(O)CCc1cc(OC)c(OC)c(OC)c1. The van der Waals surface area contributed by atoms with Crippen molar-refractivity contribution in [2.24, 2.45) is 0 Å². The van der Waals surface area contributed by atoms with E-state index in [4.69, 9.17) is 28.4 Å². The Morgan fingerprint density at radius 2 is 1.02 bits per heavy atom. The Balaban J connectivity index is 0.000000420. The zero-order valence-electron chi connectivity index (χ0n) is 25.6. The molecule has 234 valence electrons. The normalized spacial score (nSPS) is 10.8. The largest absolute Gasteiger partial charge is 0.493 e. The molecule has 0 spiro atoms. The maximum Gasteiger partial charge on any atom is 0.313 e. The van der Waals surface area contributed by atoms with Crippen molar-refractivity contribution in [3.63, 3.8) is 0 Å². The van der Waals surface area contributed by atoms with Crippen LogP contribution >= 0.6 is 0 Å². The lowest BCUT2D eigenvalue weighted by Gasteiger charge is -2.15. The molecule has 0 radical (unpaired) electrons. The summed E-state index contributed by atoms with van der Waals surface area (Å²) >= 11 is 0. The van der Waals surface area contributed by atoms with E-state index in [0.29, 0.717) is 53.8 Å². The molecule has 1 atom stereocenters. The third kappa shape index (κ3) is 11.4. The number of ketones is 1. The highest BCUT2D eigenvalue weighted by atomic mass is 16.5. The van der Waals surface area contributed by atoms with Gasteiger partial charge in [-0.05, 0) is 54.7 Å². The molecule has 1 N–H and O–H groups in total. The van der Waals surface area contributed by atoms with Crippen LogP contribution in [0.25, 0.3) is 0 Å². The first-order chi connectivity index (χ1) is 20.1. The Kier molecular flexibility index (Phi) is 16.2. The van der Waals surface area contributed by atoms with Crippen LogP contribution in [0.15, 0.2) is 24.3 Å². The van der Waals surface area contributed by atoms with Crippen LogP contribution in [0, 0.1) is 0 Å². The summed E-state index contributed by atoms with van der Waals surface area (Å²) in [6.07, 6.45) is 0.779. The fourth-order valence-corrected chi connectivity index (χ4v) is 3.88. The van der Waals surface area contributed by atoms with Crippen LogP contribution in [-0.2, 0) is 36.7 Å². The molecule has 0 bridgehead atoms. The van der Waals surface area contributed by atoms with Gasteiger partial charge in [0.15, 0.2) is 23.0 Å². The highest BCUT2D eigenvalue weighted by Crippen LogP contribution is 2.39. The van der Waals surface area contributed by atoms with Gasteiger partial charge in [0.1, 0.15) is 12.2 Å². The van der Waals surface area contributed by atoms with Gasteiger partial charge in [-0.3, -0.25) is 14.4 Å². The van der Waals surface area contributed by atoms with Gasteiger partial charge >= 0.3 is 11.9 Å². The third-order valence-corrected chi connectivity index (χ3v) is 6.11. The topological polar surface area (TPSA) is 145 Å². The number of Topliss-reactive ketones (excluding diaryl/α,β-unsaturated/α-hetero) is 1. The predicted octanol–water partition coefficient (Wildman–Crippen LogP) is 3.35. The number of carbonyl (C=O) groups excluding carboxylic acids is 3. The number of methoxy groups -OCH3 is 8. The van der Waals surface area contributed by atoms with E-state index < -0.39 is 18.0 Å². The Hall–Kier alpha value is -4.19. The lowest BCUT2D eigenvalue weighted by atomic mass is 10.0. The summed E-state index contributed by atoms with van der Waals surface area (Å²) in [7, 11) is 11.8. The van der Waals surface area contributed by atoms with Gasteiger partial charge < -0.3 is 43.0 Å². The molecule has 0 aliphatic rings. The van der Waals surface area contributed by atoms with Crippen LogP contribution < -0.4 is 28.4 Å². The summed E-state index contributed by atoms with van der Waals surface area (Å²) in [5.74, 6) is 2.11.